The highest BCUT2D eigenvalue weighted by atomic mass is 79.9. The van der Waals surface area contributed by atoms with Crippen LogP contribution in [0, 0.1) is 0 Å². The lowest BCUT2D eigenvalue weighted by molar-refractivity contribution is 0.0205. The summed E-state index contributed by atoms with van der Waals surface area (Å²) in [7, 11) is 2.05. The van der Waals surface area contributed by atoms with Gasteiger partial charge in [-0.2, -0.15) is 4.98 Å². The summed E-state index contributed by atoms with van der Waals surface area (Å²) in [5, 5.41) is 9.02. The number of hydrogen-bond acceptors (Lipinski definition) is 7. The average molecular weight is 428 g/mol. The molecule has 0 N–H and O–H groups in total. The molecule has 136 valence electrons. The Morgan fingerprint density at radius 1 is 1.36 bits per heavy atom. The summed E-state index contributed by atoms with van der Waals surface area (Å²) >= 11 is 4.94. The first-order chi connectivity index (χ1) is 11.7. The standard InChI is InChI=1S/C16H22BrN5O2S/c1-16(2,3)24-15(23)22-7-5-10(6-8-22)21(4)14-18-13-11(25-14)9-12(17)19-20-13/h9-10H,5-8H2,1-4H3. The van der Waals surface area contributed by atoms with Crippen molar-refractivity contribution in [1.82, 2.24) is 20.1 Å². The molecule has 0 atom stereocenters. The molecule has 0 saturated carbocycles. The number of anilines is 1. The number of aromatic nitrogens is 3. The molecular weight excluding hydrogens is 406 g/mol. The first kappa shape index (κ1) is 18.3. The summed E-state index contributed by atoms with van der Waals surface area (Å²) in [6, 6.07) is 2.28. The van der Waals surface area contributed by atoms with Crippen LogP contribution in [0.3, 0.4) is 0 Å². The Kier molecular flexibility index (Phi) is 5.15. The number of likely N-dealkylation sites (tertiary alicyclic amines) is 1. The van der Waals surface area contributed by atoms with Gasteiger partial charge >= 0.3 is 6.09 Å². The van der Waals surface area contributed by atoms with Gasteiger partial charge in [-0.3, -0.25) is 0 Å². The van der Waals surface area contributed by atoms with E-state index in [0.29, 0.717) is 29.4 Å². The molecule has 3 rings (SSSR count). The number of ether oxygens (including phenoxy) is 1. The number of hydrogen-bond donors (Lipinski definition) is 0. The van der Waals surface area contributed by atoms with Crippen molar-refractivity contribution < 1.29 is 9.53 Å². The number of nitrogens with zero attached hydrogens (tertiary/aromatic N) is 5. The Labute approximate surface area is 159 Å². The number of thiazole rings is 1. The fourth-order valence-corrected chi connectivity index (χ4v) is 4.21. The van der Waals surface area contributed by atoms with Crippen molar-refractivity contribution in [3.63, 3.8) is 0 Å². The minimum absolute atomic E-state index is 0.228. The lowest BCUT2D eigenvalue weighted by Gasteiger charge is -2.37. The zero-order chi connectivity index (χ0) is 18.2. The summed E-state index contributed by atoms with van der Waals surface area (Å²) in [6.45, 7) is 7.06. The van der Waals surface area contributed by atoms with Crippen molar-refractivity contribution in [2.24, 2.45) is 0 Å². The van der Waals surface area contributed by atoms with E-state index in [0.717, 1.165) is 22.7 Å². The van der Waals surface area contributed by atoms with Gasteiger partial charge in [0.05, 0.1) is 4.70 Å². The number of carbonyl (C=O) groups excluding carboxylic acids is 1. The lowest BCUT2D eigenvalue weighted by Crippen LogP contribution is -2.47. The van der Waals surface area contributed by atoms with Gasteiger partial charge in [0.15, 0.2) is 10.8 Å². The molecule has 1 fully saturated rings. The van der Waals surface area contributed by atoms with Crippen molar-refractivity contribution in [3.8, 4) is 0 Å². The molecule has 0 radical (unpaired) electrons. The van der Waals surface area contributed by atoms with E-state index in [4.69, 9.17) is 4.74 Å². The molecule has 1 amide bonds. The monoisotopic (exact) mass is 427 g/mol. The number of rotatable bonds is 2. The number of halogens is 1. The normalized spacial score (nSPS) is 16.3. The third-order valence-electron chi connectivity index (χ3n) is 4.08. The SMILES string of the molecule is CN(c1nc2nnc(Br)cc2s1)C1CCN(C(=O)OC(C)(C)C)CC1. The average Bonchev–Trinajstić information content (AvgIpc) is 2.95. The molecule has 2 aromatic heterocycles. The van der Waals surface area contributed by atoms with Crippen LogP contribution in [0.1, 0.15) is 33.6 Å². The second-order valence-corrected chi connectivity index (χ2v) is 8.98. The highest BCUT2D eigenvalue weighted by molar-refractivity contribution is 9.10. The largest absolute Gasteiger partial charge is 0.444 e. The maximum Gasteiger partial charge on any atom is 0.410 e. The van der Waals surface area contributed by atoms with E-state index in [9.17, 15) is 4.79 Å². The Balaban J connectivity index is 1.62. The van der Waals surface area contributed by atoms with E-state index in [1.807, 2.05) is 33.9 Å². The predicted octanol–water partition coefficient (Wildman–Crippen LogP) is 3.68. The summed E-state index contributed by atoms with van der Waals surface area (Å²) in [4.78, 5) is 20.7. The zero-order valence-electron chi connectivity index (χ0n) is 14.8. The van der Waals surface area contributed by atoms with E-state index in [1.165, 1.54) is 0 Å². The molecular formula is C16H22BrN5O2S. The number of piperidine rings is 1. The molecule has 1 saturated heterocycles. The number of amides is 1. The summed E-state index contributed by atoms with van der Waals surface area (Å²) in [6.07, 6.45) is 1.55. The molecule has 0 bridgehead atoms. The van der Waals surface area contributed by atoms with Crippen molar-refractivity contribution in [2.75, 3.05) is 25.0 Å². The molecule has 25 heavy (non-hydrogen) atoms. The molecule has 0 aliphatic carbocycles. The number of carbonyl (C=O) groups is 1. The van der Waals surface area contributed by atoms with Crippen molar-refractivity contribution in [1.29, 1.82) is 0 Å². The highest BCUT2D eigenvalue weighted by Gasteiger charge is 2.29. The molecule has 0 unspecified atom stereocenters. The zero-order valence-corrected chi connectivity index (χ0v) is 17.2. The third-order valence-corrected chi connectivity index (χ3v) is 5.55. The van der Waals surface area contributed by atoms with Crippen LogP contribution in [-0.4, -0.2) is 58.0 Å². The Morgan fingerprint density at radius 3 is 2.68 bits per heavy atom. The molecule has 3 heterocycles. The second-order valence-electron chi connectivity index (χ2n) is 7.16. The molecule has 0 spiro atoms. The number of fused-ring (bicyclic) bond motifs is 1. The van der Waals surface area contributed by atoms with Crippen LogP contribution in [0.5, 0.6) is 0 Å². The van der Waals surface area contributed by atoms with Crippen LogP contribution in [0.2, 0.25) is 0 Å². The minimum Gasteiger partial charge on any atom is -0.444 e. The van der Waals surface area contributed by atoms with E-state index in [2.05, 4.69) is 36.0 Å². The van der Waals surface area contributed by atoms with E-state index in [-0.39, 0.29) is 6.09 Å². The Morgan fingerprint density at radius 2 is 2.04 bits per heavy atom. The fraction of sp³-hybridized carbons (Fsp3) is 0.625. The van der Waals surface area contributed by atoms with E-state index >= 15 is 0 Å². The molecule has 2 aromatic rings. The quantitative estimate of drug-likeness (QED) is 0.727. The van der Waals surface area contributed by atoms with Crippen molar-refractivity contribution in [2.45, 2.75) is 45.3 Å². The van der Waals surface area contributed by atoms with Crippen LogP contribution in [0.25, 0.3) is 10.3 Å². The first-order valence-corrected chi connectivity index (χ1v) is 9.84. The van der Waals surface area contributed by atoms with Gasteiger partial charge in [-0.25, -0.2) is 4.79 Å². The lowest BCUT2D eigenvalue weighted by atomic mass is 10.0. The van der Waals surface area contributed by atoms with Crippen LogP contribution < -0.4 is 4.90 Å². The summed E-state index contributed by atoms with van der Waals surface area (Å²) < 4.78 is 7.17. The van der Waals surface area contributed by atoms with Crippen LogP contribution in [0.4, 0.5) is 9.93 Å². The Hall–Kier alpha value is -1.48. The van der Waals surface area contributed by atoms with Crippen molar-refractivity contribution in [3.05, 3.63) is 10.7 Å². The van der Waals surface area contributed by atoms with Gasteiger partial charge in [-0.15, -0.1) is 10.2 Å². The van der Waals surface area contributed by atoms with Crippen LogP contribution in [-0.2, 0) is 4.74 Å². The molecule has 1 aliphatic heterocycles. The van der Waals surface area contributed by atoms with E-state index in [1.54, 1.807) is 16.2 Å². The highest BCUT2D eigenvalue weighted by Crippen LogP contribution is 2.31. The molecule has 9 heteroatoms. The van der Waals surface area contributed by atoms with Gasteiger partial charge in [-0.05, 0) is 55.6 Å². The van der Waals surface area contributed by atoms with Gasteiger partial charge in [0.2, 0.25) is 0 Å². The third kappa shape index (κ3) is 4.38. The van der Waals surface area contributed by atoms with Gasteiger partial charge in [-0.1, -0.05) is 11.3 Å². The maximum atomic E-state index is 12.2. The smallest absolute Gasteiger partial charge is 0.410 e. The minimum atomic E-state index is -0.457. The molecule has 1 aliphatic rings. The molecule has 0 aromatic carbocycles. The fourth-order valence-electron chi connectivity index (χ4n) is 2.78. The van der Waals surface area contributed by atoms with Gasteiger partial charge in [0, 0.05) is 26.2 Å². The van der Waals surface area contributed by atoms with Gasteiger partial charge in [0.1, 0.15) is 10.2 Å². The van der Waals surface area contributed by atoms with Gasteiger partial charge < -0.3 is 14.5 Å². The van der Waals surface area contributed by atoms with E-state index < -0.39 is 5.60 Å². The summed E-state index contributed by atoms with van der Waals surface area (Å²) in [5.41, 5.74) is 0.211. The van der Waals surface area contributed by atoms with Crippen LogP contribution >= 0.6 is 27.3 Å². The van der Waals surface area contributed by atoms with Gasteiger partial charge in [0.25, 0.3) is 0 Å². The Bertz CT molecular complexity index is 767. The molecule has 7 nitrogen and oxygen atoms in total. The topological polar surface area (TPSA) is 71.5 Å². The maximum absolute atomic E-state index is 12.2. The first-order valence-electron chi connectivity index (χ1n) is 8.23. The second kappa shape index (κ2) is 7.03. The summed E-state index contributed by atoms with van der Waals surface area (Å²) in [5.74, 6) is 0. The van der Waals surface area contributed by atoms with Crippen LogP contribution in [0.15, 0.2) is 10.7 Å². The predicted molar refractivity (Wildman–Crippen MR) is 102 cm³/mol. The van der Waals surface area contributed by atoms with Crippen molar-refractivity contribution >= 4 is 48.8 Å².